The van der Waals surface area contributed by atoms with Crippen LogP contribution in [0.1, 0.15) is 37.7 Å². The lowest BCUT2D eigenvalue weighted by Gasteiger charge is -2.31. The van der Waals surface area contributed by atoms with Crippen molar-refractivity contribution >= 4 is 12.0 Å². The third-order valence-corrected chi connectivity index (χ3v) is 4.46. The first kappa shape index (κ1) is 18.3. The van der Waals surface area contributed by atoms with Gasteiger partial charge < -0.3 is 10.1 Å². The first-order chi connectivity index (χ1) is 11.6. The van der Waals surface area contributed by atoms with E-state index in [-0.39, 0.29) is 18.4 Å². The van der Waals surface area contributed by atoms with Crippen molar-refractivity contribution in [1.29, 1.82) is 0 Å². The summed E-state index contributed by atoms with van der Waals surface area (Å²) >= 11 is 0. The van der Waals surface area contributed by atoms with Crippen LogP contribution in [-0.4, -0.2) is 37.3 Å². The summed E-state index contributed by atoms with van der Waals surface area (Å²) in [6.07, 6.45) is 4.60. The van der Waals surface area contributed by atoms with E-state index in [2.05, 4.69) is 5.32 Å². The van der Waals surface area contributed by atoms with Gasteiger partial charge in [-0.15, -0.1) is 0 Å². The van der Waals surface area contributed by atoms with Crippen molar-refractivity contribution in [2.45, 2.75) is 44.8 Å². The van der Waals surface area contributed by atoms with Crippen molar-refractivity contribution < 1.29 is 19.2 Å². The lowest BCUT2D eigenvalue weighted by atomic mass is 9.83. The molecule has 1 aliphatic carbocycles. The smallest absolute Gasteiger partial charge is 0.408 e. The molecule has 0 saturated heterocycles. The number of hydroxylamine groups is 2. The highest BCUT2D eigenvalue weighted by Gasteiger charge is 2.33. The largest absolute Gasteiger partial charge is 0.445 e. The van der Waals surface area contributed by atoms with Gasteiger partial charge in [0.2, 0.25) is 0 Å². The lowest BCUT2D eigenvalue weighted by Crippen LogP contribution is -2.51. The van der Waals surface area contributed by atoms with Crippen molar-refractivity contribution in [3.05, 3.63) is 35.9 Å². The number of benzene rings is 1. The minimum Gasteiger partial charge on any atom is -0.445 e. The van der Waals surface area contributed by atoms with Crippen LogP contribution in [0.2, 0.25) is 0 Å². The monoisotopic (exact) mass is 334 g/mol. The summed E-state index contributed by atoms with van der Waals surface area (Å²) in [5.74, 6) is -0.130. The fourth-order valence-electron chi connectivity index (χ4n) is 3.03. The molecular weight excluding hydrogens is 308 g/mol. The molecule has 2 rings (SSSR count). The predicted octanol–water partition coefficient (Wildman–Crippen LogP) is 2.88. The van der Waals surface area contributed by atoms with E-state index < -0.39 is 12.1 Å². The van der Waals surface area contributed by atoms with Crippen LogP contribution in [0, 0.1) is 5.92 Å². The van der Waals surface area contributed by atoms with Gasteiger partial charge in [-0.3, -0.25) is 9.63 Å². The number of amides is 2. The Morgan fingerprint density at radius 1 is 1.21 bits per heavy atom. The summed E-state index contributed by atoms with van der Waals surface area (Å²) in [5, 5.41) is 3.90. The number of carbonyl (C=O) groups excluding carboxylic acids is 2. The summed E-state index contributed by atoms with van der Waals surface area (Å²) in [5.41, 5.74) is 0.905. The molecule has 1 atom stereocenters. The van der Waals surface area contributed by atoms with Crippen molar-refractivity contribution in [2.24, 2.45) is 5.92 Å². The summed E-state index contributed by atoms with van der Waals surface area (Å²) < 4.78 is 5.25. The Kier molecular flexibility index (Phi) is 7.06. The van der Waals surface area contributed by atoms with E-state index in [1.54, 1.807) is 7.05 Å². The van der Waals surface area contributed by atoms with Gasteiger partial charge in [-0.05, 0) is 24.3 Å². The van der Waals surface area contributed by atoms with Crippen molar-refractivity contribution in [3.63, 3.8) is 0 Å². The van der Waals surface area contributed by atoms with Crippen LogP contribution in [0.15, 0.2) is 30.3 Å². The zero-order chi connectivity index (χ0) is 17.4. The molecule has 1 saturated carbocycles. The molecular formula is C18H26N2O4. The van der Waals surface area contributed by atoms with Gasteiger partial charge in [-0.1, -0.05) is 49.6 Å². The number of carbonyl (C=O) groups is 2. The molecule has 6 heteroatoms. The van der Waals surface area contributed by atoms with E-state index in [4.69, 9.17) is 9.57 Å². The Labute approximate surface area is 143 Å². The molecule has 1 aliphatic rings. The molecule has 24 heavy (non-hydrogen) atoms. The molecule has 0 spiro atoms. The van der Waals surface area contributed by atoms with Crippen LogP contribution in [-0.2, 0) is 21.0 Å². The summed E-state index contributed by atoms with van der Waals surface area (Å²) in [4.78, 5) is 29.6. The zero-order valence-corrected chi connectivity index (χ0v) is 14.4. The number of likely N-dealkylation sites (N-methyl/N-ethyl adjacent to an activating group) is 1. The second-order valence-electron chi connectivity index (χ2n) is 6.10. The fraction of sp³-hybridized carbons (Fsp3) is 0.556. The molecule has 1 aromatic carbocycles. The number of hydrogen-bond donors (Lipinski definition) is 1. The van der Waals surface area contributed by atoms with E-state index >= 15 is 0 Å². The molecule has 0 radical (unpaired) electrons. The SMILES string of the molecule is CON(C)C(=O)[C@H](NC(=O)OCc1ccccc1)C1CCCCC1. The second kappa shape index (κ2) is 9.27. The first-order valence-electron chi connectivity index (χ1n) is 8.40. The van der Waals surface area contributed by atoms with Crippen molar-refractivity contribution in [3.8, 4) is 0 Å². The van der Waals surface area contributed by atoms with Gasteiger partial charge in [0, 0.05) is 7.05 Å². The molecule has 6 nitrogen and oxygen atoms in total. The van der Waals surface area contributed by atoms with Crippen LogP contribution in [0.3, 0.4) is 0 Å². The van der Waals surface area contributed by atoms with Gasteiger partial charge in [-0.2, -0.15) is 0 Å². The molecule has 0 bridgehead atoms. The molecule has 1 fully saturated rings. The highest BCUT2D eigenvalue weighted by molar-refractivity contribution is 5.85. The highest BCUT2D eigenvalue weighted by atomic mass is 16.7. The molecule has 1 aromatic rings. The van der Waals surface area contributed by atoms with E-state index in [9.17, 15) is 9.59 Å². The standard InChI is InChI=1S/C18H26N2O4/c1-20(23-2)17(21)16(15-11-7-4-8-12-15)19-18(22)24-13-14-9-5-3-6-10-14/h3,5-6,9-10,15-16H,4,7-8,11-13H2,1-2H3,(H,19,22)/t16-/m1/s1. The van der Waals surface area contributed by atoms with Crippen molar-refractivity contribution in [1.82, 2.24) is 10.4 Å². The maximum absolute atomic E-state index is 12.5. The predicted molar refractivity (Wildman–Crippen MR) is 89.9 cm³/mol. The molecule has 0 unspecified atom stereocenters. The van der Waals surface area contributed by atoms with Crippen molar-refractivity contribution in [2.75, 3.05) is 14.2 Å². The molecule has 0 heterocycles. The van der Waals surface area contributed by atoms with Gasteiger partial charge in [0.25, 0.3) is 5.91 Å². The molecule has 132 valence electrons. The van der Waals surface area contributed by atoms with E-state index in [0.29, 0.717) is 0 Å². The Hall–Kier alpha value is -2.08. The van der Waals surface area contributed by atoms with Crippen LogP contribution < -0.4 is 5.32 Å². The normalized spacial score (nSPS) is 16.2. The number of hydrogen-bond acceptors (Lipinski definition) is 4. The third-order valence-electron chi connectivity index (χ3n) is 4.46. The second-order valence-corrected chi connectivity index (χ2v) is 6.10. The average Bonchev–Trinajstić information content (AvgIpc) is 2.64. The van der Waals surface area contributed by atoms with Gasteiger partial charge >= 0.3 is 6.09 Å². The minimum absolute atomic E-state index is 0.119. The molecule has 0 aliphatic heterocycles. The number of alkyl carbamates (subject to hydrolysis) is 1. The first-order valence-corrected chi connectivity index (χ1v) is 8.40. The zero-order valence-electron chi connectivity index (χ0n) is 14.4. The van der Waals surface area contributed by atoms with Crippen LogP contribution >= 0.6 is 0 Å². The lowest BCUT2D eigenvalue weighted by molar-refractivity contribution is -0.172. The maximum Gasteiger partial charge on any atom is 0.408 e. The quantitative estimate of drug-likeness (QED) is 0.812. The Morgan fingerprint density at radius 3 is 2.50 bits per heavy atom. The minimum atomic E-state index is -0.612. The van der Waals surface area contributed by atoms with Gasteiger partial charge in [0.15, 0.2) is 0 Å². The van der Waals surface area contributed by atoms with E-state index in [0.717, 1.165) is 36.3 Å². The summed E-state index contributed by atoms with van der Waals surface area (Å²) in [7, 11) is 2.98. The topological polar surface area (TPSA) is 67.9 Å². The fourth-order valence-corrected chi connectivity index (χ4v) is 3.03. The van der Waals surface area contributed by atoms with E-state index in [1.807, 2.05) is 30.3 Å². The highest BCUT2D eigenvalue weighted by Crippen LogP contribution is 2.27. The number of ether oxygens (including phenoxy) is 1. The summed E-state index contributed by atoms with van der Waals surface area (Å²) in [6.45, 7) is 0.179. The Morgan fingerprint density at radius 2 is 1.88 bits per heavy atom. The van der Waals surface area contributed by atoms with Gasteiger partial charge in [0.05, 0.1) is 7.11 Å². The Balaban J connectivity index is 1.95. The molecule has 2 amide bonds. The maximum atomic E-state index is 12.5. The number of rotatable bonds is 6. The number of nitrogens with one attached hydrogen (secondary N) is 1. The molecule has 1 N–H and O–H groups in total. The molecule has 0 aromatic heterocycles. The van der Waals surface area contributed by atoms with Gasteiger partial charge in [0.1, 0.15) is 12.6 Å². The summed E-state index contributed by atoms with van der Waals surface area (Å²) in [6, 6.07) is 8.84. The van der Waals surface area contributed by atoms with E-state index in [1.165, 1.54) is 13.5 Å². The Bertz CT molecular complexity index is 529. The third kappa shape index (κ3) is 5.23. The van der Waals surface area contributed by atoms with Crippen LogP contribution in [0.4, 0.5) is 4.79 Å². The van der Waals surface area contributed by atoms with Crippen LogP contribution in [0.25, 0.3) is 0 Å². The average molecular weight is 334 g/mol. The van der Waals surface area contributed by atoms with Crippen LogP contribution in [0.5, 0.6) is 0 Å². The number of nitrogens with zero attached hydrogens (tertiary/aromatic N) is 1. The van der Waals surface area contributed by atoms with Gasteiger partial charge in [-0.25, -0.2) is 9.86 Å².